The summed E-state index contributed by atoms with van der Waals surface area (Å²) in [6, 6.07) is 5.36. The van der Waals surface area contributed by atoms with Crippen LogP contribution in [0.15, 0.2) is 24.3 Å². The molecule has 1 rings (SSSR count). The van der Waals surface area contributed by atoms with E-state index in [0.29, 0.717) is 5.56 Å². The van der Waals surface area contributed by atoms with E-state index in [1.807, 2.05) is 13.8 Å². The standard InChI is InChI=1S/C9H11F2NO2.C2H6/c10-9(11)14-7-3-1-6(2-4-7)8(12)5-13;1-2/h1-4,8-9,13H,5,12H2;1-2H3. The highest BCUT2D eigenvalue weighted by Crippen LogP contribution is 2.17. The summed E-state index contributed by atoms with van der Waals surface area (Å²) >= 11 is 0. The van der Waals surface area contributed by atoms with Crippen molar-refractivity contribution in [3.8, 4) is 5.75 Å². The summed E-state index contributed by atoms with van der Waals surface area (Å²) in [5, 5.41) is 8.73. The van der Waals surface area contributed by atoms with Crippen LogP contribution in [0.5, 0.6) is 5.75 Å². The van der Waals surface area contributed by atoms with Crippen molar-refractivity contribution >= 4 is 0 Å². The molecule has 0 aliphatic rings. The lowest BCUT2D eigenvalue weighted by Crippen LogP contribution is -2.14. The topological polar surface area (TPSA) is 55.5 Å². The average Bonchev–Trinajstić information content (AvgIpc) is 2.31. The van der Waals surface area contributed by atoms with Crippen molar-refractivity contribution in [2.45, 2.75) is 26.5 Å². The molecule has 0 amide bonds. The van der Waals surface area contributed by atoms with Gasteiger partial charge in [0, 0.05) is 0 Å². The summed E-state index contributed by atoms with van der Waals surface area (Å²) < 4.78 is 27.7. The van der Waals surface area contributed by atoms with Crippen molar-refractivity contribution in [1.29, 1.82) is 0 Å². The maximum atomic E-state index is 11.8. The molecule has 0 aliphatic heterocycles. The first-order chi connectivity index (χ1) is 7.63. The Morgan fingerprint density at radius 3 is 2.12 bits per heavy atom. The largest absolute Gasteiger partial charge is 0.435 e. The van der Waals surface area contributed by atoms with Crippen LogP contribution in [0.25, 0.3) is 0 Å². The van der Waals surface area contributed by atoms with Crippen LogP contribution in [0, 0.1) is 0 Å². The Hall–Kier alpha value is -1.20. The zero-order chi connectivity index (χ0) is 12.6. The molecule has 0 saturated heterocycles. The molecule has 5 heteroatoms. The molecule has 0 saturated carbocycles. The van der Waals surface area contributed by atoms with Crippen molar-refractivity contribution in [3.05, 3.63) is 29.8 Å². The quantitative estimate of drug-likeness (QED) is 0.839. The molecule has 1 unspecified atom stereocenters. The third kappa shape index (κ3) is 5.04. The van der Waals surface area contributed by atoms with Crippen LogP contribution in [-0.2, 0) is 0 Å². The van der Waals surface area contributed by atoms with Crippen LogP contribution in [-0.4, -0.2) is 18.3 Å². The van der Waals surface area contributed by atoms with Gasteiger partial charge in [0.1, 0.15) is 5.75 Å². The van der Waals surface area contributed by atoms with E-state index in [1.54, 1.807) is 12.1 Å². The van der Waals surface area contributed by atoms with Crippen molar-refractivity contribution < 1.29 is 18.6 Å². The van der Waals surface area contributed by atoms with Gasteiger partial charge < -0.3 is 15.6 Å². The van der Waals surface area contributed by atoms with Gasteiger partial charge in [-0.05, 0) is 17.7 Å². The van der Waals surface area contributed by atoms with E-state index < -0.39 is 12.7 Å². The Labute approximate surface area is 93.8 Å². The van der Waals surface area contributed by atoms with Gasteiger partial charge in [-0.1, -0.05) is 26.0 Å². The van der Waals surface area contributed by atoms with Crippen molar-refractivity contribution in [3.63, 3.8) is 0 Å². The van der Waals surface area contributed by atoms with Crippen LogP contribution in [0.3, 0.4) is 0 Å². The Bertz CT molecular complexity index is 278. The minimum absolute atomic E-state index is 0.0777. The second kappa shape index (κ2) is 8.01. The minimum atomic E-state index is -2.83. The highest BCUT2D eigenvalue weighted by molar-refractivity contribution is 5.29. The summed E-state index contributed by atoms with van der Waals surface area (Å²) in [6.45, 7) is 0.988. The number of halogens is 2. The lowest BCUT2D eigenvalue weighted by atomic mass is 10.1. The molecule has 92 valence electrons. The molecule has 0 fully saturated rings. The molecule has 0 bridgehead atoms. The van der Waals surface area contributed by atoms with E-state index in [9.17, 15) is 8.78 Å². The fourth-order valence-corrected chi connectivity index (χ4v) is 1.00. The molecule has 0 radical (unpaired) electrons. The van der Waals surface area contributed by atoms with E-state index >= 15 is 0 Å². The predicted octanol–water partition coefficient (Wildman–Crippen LogP) is 2.31. The Balaban J connectivity index is 0.00000106. The van der Waals surface area contributed by atoms with Crippen LogP contribution >= 0.6 is 0 Å². The molecule has 1 atom stereocenters. The molecular formula is C11H17F2NO2. The normalized spacial score (nSPS) is 11.7. The number of ether oxygens (including phenoxy) is 1. The zero-order valence-corrected chi connectivity index (χ0v) is 9.36. The summed E-state index contributed by atoms with van der Waals surface area (Å²) in [5.74, 6) is 0.0777. The number of aliphatic hydroxyl groups excluding tert-OH is 1. The van der Waals surface area contributed by atoms with Gasteiger partial charge in [-0.3, -0.25) is 0 Å². The molecule has 1 aromatic carbocycles. The summed E-state index contributed by atoms with van der Waals surface area (Å²) in [4.78, 5) is 0. The van der Waals surface area contributed by atoms with Gasteiger partial charge in [-0.25, -0.2) is 0 Å². The third-order valence-corrected chi connectivity index (χ3v) is 1.73. The highest BCUT2D eigenvalue weighted by atomic mass is 19.3. The number of benzene rings is 1. The van der Waals surface area contributed by atoms with E-state index in [4.69, 9.17) is 10.8 Å². The lowest BCUT2D eigenvalue weighted by molar-refractivity contribution is -0.0498. The molecular weight excluding hydrogens is 216 g/mol. The monoisotopic (exact) mass is 233 g/mol. The molecule has 0 aliphatic carbocycles. The van der Waals surface area contributed by atoms with Crippen LogP contribution in [0.4, 0.5) is 8.78 Å². The van der Waals surface area contributed by atoms with Gasteiger partial charge in [-0.2, -0.15) is 8.78 Å². The molecule has 3 nitrogen and oxygen atoms in total. The highest BCUT2D eigenvalue weighted by Gasteiger charge is 2.06. The molecule has 0 aromatic heterocycles. The number of hydrogen-bond donors (Lipinski definition) is 2. The number of alkyl halides is 2. The van der Waals surface area contributed by atoms with Gasteiger partial charge in [0.15, 0.2) is 0 Å². The summed E-state index contributed by atoms with van der Waals surface area (Å²) in [5.41, 5.74) is 6.18. The van der Waals surface area contributed by atoms with E-state index in [2.05, 4.69) is 4.74 Å². The van der Waals surface area contributed by atoms with Gasteiger partial charge in [-0.15, -0.1) is 0 Å². The van der Waals surface area contributed by atoms with Crippen molar-refractivity contribution in [2.75, 3.05) is 6.61 Å². The zero-order valence-electron chi connectivity index (χ0n) is 9.36. The van der Waals surface area contributed by atoms with Crippen LogP contribution < -0.4 is 10.5 Å². The Morgan fingerprint density at radius 1 is 1.25 bits per heavy atom. The number of rotatable bonds is 4. The predicted molar refractivity (Wildman–Crippen MR) is 58.4 cm³/mol. The summed E-state index contributed by atoms with van der Waals surface area (Å²) in [7, 11) is 0. The smallest absolute Gasteiger partial charge is 0.387 e. The SMILES string of the molecule is CC.NC(CO)c1ccc(OC(F)F)cc1. The second-order valence-electron chi connectivity index (χ2n) is 2.74. The van der Waals surface area contributed by atoms with Crippen molar-refractivity contribution in [1.82, 2.24) is 0 Å². The Kier molecular flexibility index (Phi) is 7.41. The molecule has 1 aromatic rings. The first-order valence-electron chi connectivity index (χ1n) is 5.04. The maximum absolute atomic E-state index is 11.8. The fourth-order valence-electron chi connectivity index (χ4n) is 1.00. The fraction of sp³-hybridized carbons (Fsp3) is 0.455. The van der Waals surface area contributed by atoms with Gasteiger partial charge in [0.05, 0.1) is 12.6 Å². The van der Waals surface area contributed by atoms with Crippen LogP contribution in [0.1, 0.15) is 25.5 Å². The number of nitrogens with two attached hydrogens (primary N) is 1. The maximum Gasteiger partial charge on any atom is 0.387 e. The van der Waals surface area contributed by atoms with Gasteiger partial charge in [0.25, 0.3) is 0 Å². The summed E-state index contributed by atoms with van der Waals surface area (Å²) in [6.07, 6.45) is 0. The molecule has 16 heavy (non-hydrogen) atoms. The van der Waals surface area contributed by atoms with E-state index in [-0.39, 0.29) is 12.4 Å². The first kappa shape index (κ1) is 14.8. The third-order valence-electron chi connectivity index (χ3n) is 1.73. The van der Waals surface area contributed by atoms with Gasteiger partial charge in [0.2, 0.25) is 0 Å². The number of hydrogen-bond acceptors (Lipinski definition) is 3. The number of aliphatic hydroxyl groups is 1. The van der Waals surface area contributed by atoms with E-state index in [1.165, 1.54) is 12.1 Å². The lowest BCUT2D eigenvalue weighted by Gasteiger charge is -2.09. The minimum Gasteiger partial charge on any atom is -0.435 e. The average molecular weight is 233 g/mol. The Morgan fingerprint density at radius 2 is 1.75 bits per heavy atom. The first-order valence-corrected chi connectivity index (χ1v) is 5.04. The van der Waals surface area contributed by atoms with Crippen molar-refractivity contribution in [2.24, 2.45) is 5.73 Å². The molecule has 0 spiro atoms. The second-order valence-corrected chi connectivity index (χ2v) is 2.74. The van der Waals surface area contributed by atoms with Gasteiger partial charge >= 0.3 is 6.61 Å². The van der Waals surface area contributed by atoms with E-state index in [0.717, 1.165) is 0 Å². The molecule has 0 heterocycles. The molecule has 3 N–H and O–H groups in total. The van der Waals surface area contributed by atoms with Crippen LogP contribution in [0.2, 0.25) is 0 Å².